The number of anilines is 1. The molecule has 0 saturated heterocycles. The third-order valence-corrected chi connectivity index (χ3v) is 3.77. The Morgan fingerprint density at radius 1 is 1.14 bits per heavy atom. The average molecular weight is 300 g/mol. The van der Waals surface area contributed by atoms with Gasteiger partial charge in [0.05, 0.1) is 6.54 Å². The maximum absolute atomic E-state index is 12.8. The van der Waals surface area contributed by atoms with E-state index in [0.29, 0.717) is 6.54 Å². The SMILES string of the molecule is Cc1cccc(N(C)CC(=O)NCc2ccc(F)cc2)c1C. The van der Waals surface area contributed by atoms with Crippen molar-refractivity contribution in [3.8, 4) is 0 Å². The molecular weight excluding hydrogens is 279 g/mol. The molecule has 1 amide bonds. The van der Waals surface area contributed by atoms with E-state index in [9.17, 15) is 9.18 Å². The first-order valence-corrected chi connectivity index (χ1v) is 7.26. The fraction of sp³-hybridized carbons (Fsp3) is 0.278. The zero-order valence-electron chi connectivity index (χ0n) is 13.2. The summed E-state index contributed by atoms with van der Waals surface area (Å²) in [5.74, 6) is -0.336. The van der Waals surface area contributed by atoms with E-state index in [0.717, 1.165) is 11.3 Å². The first-order chi connectivity index (χ1) is 10.5. The van der Waals surface area contributed by atoms with Crippen LogP contribution in [-0.4, -0.2) is 19.5 Å². The van der Waals surface area contributed by atoms with Gasteiger partial charge < -0.3 is 10.2 Å². The van der Waals surface area contributed by atoms with Crippen LogP contribution in [0.2, 0.25) is 0 Å². The van der Waals surface area contributed by atoms with Crippen molar-refractivity contribution in [2.24, 2.45) is 0 Å². The van der Waals surface area contributed by atoms with Gasteiger partial charge in [-0.15, -0.1) is 0 Å². The van der Waals surface area contributed by atoms with Gasteiger partial charge in [-0.05, 0) is 48.7 Å². The number of nitrogens with one attached hydrogen (secondary N) is 1. The van der Waals surface area contributed by atoms with Crippen LogP contribution in [0.15, 0.2) is 42.5 Å². The van der Waals surface area contributed by atoms with Crippen LogP contribution in [0.5, 0.6) is 0 Å². The summed E-state index contributed by atoms with van der Waals surface area (Å²) in [4.78, 5) is 14.0. The Labute approximate surface area is 130 Å². The Bertz CT molecular complexity index is 653. The number of carbonyl (C=O) groups is 1. The van der Waals surface area contributed by atoms with E-state index in [-0.39, 0.29) is 18.3 Å². The minimum atomic E-state index is -0.273. The third kappa shape index (κ3) is 4.07. The van der Waals surface area contributed by atoms with Crippen molar-refractivity contribution in [2.45, 2.75) is 20.4 Å². The predicted molar refractivity (Wildman–Crippen MR) is 87.4 cm³/mol. The van der Waals surface area contributed by atoms with Crippen molar-refractivity contribution >= 4 is 11.6 Å². The second kappa shape index (κ2) is 7.07. The zero-order valence-corrected chi connectivity index (χ0v) is 13.2. The lowest BCUT2D eigenvalue weighted by Gasteiger charge is -2.22. The number of hydrogen-bond acceptors (Lipinski definition) is 2. The molecule has 2 rings (SSSR count). The molecule has 0 fully saturated rings. The molecule has 22 heavy (non-hydrogen) atoms. The van der Waals surface area contributed by atoms with Gasteiger partial charge in [-0.1, -0.05) is 24.3 Å². The fourth-order valence-electron chi connectivity index (χ4n) is 2.31. The van der Waals surface area contributed by atoms with E-state index in [4.69, 9.17) is 0 Å². The highest BCUT2D eigenvalue weighted by Crippen LogP contribution is 2.21. The molecule has 0 aromatic heterocycles. The molecule has 0 spiro atoms. The molecule has 0 atom stereocenters. The minimum Gasteiger partial charge on any atom is -0.365 e. The number of benzene rings is 2. The van der Waals surface area contributed by atoms with Gasteiger partial charge in [0.1, 0.15) is 5.82 Å². The van der Waals surface area contributed by atoms with Gasteiger partial charge in [0, 0.05) is 19.3 Å². The van der Waals surface area contributed by atoms with E-state index in [1.807, 2.05) is 24.1 Å². The normalized spacial score (nSPS) is 10.4. The number of nitrogens with zero attached hydrogens (tertiary/aromatic N) is 1. The van der Waals surface area contributed by atoms with Gasteiger partial charge in [-0.3, -0.25) is 4.79 Å². The molecule has 0 heterocycles. The van der Waals surface area contributed by atoms with E-state index < -0.39 is 0 Å². The van der Waals surface area contributed by atoms with Crippen LogP contribution in [-0.2, 0) is 11.3 Å². The average Bonchev–Trinajstić information content (AvgIpc) is 2.49. The first kappa shape index (κ1) is 16.0. The van der Waals surface area contributed by atoms with Crippen LogP contribution in [0.4, 0.5) is 10.1 Å². The number of rotatable bonds is 5. The summed E-state index contributed by atoms with van der Waals surface area (Å²) < 4.78 is 12.8. The molecule has 0 aliphatic carbocycles. The molecule has 0 unspecified atom stereocenters. The van der Waals surface area contributed by atoms with Gasteiger partial charge in [0.25, 0.3) is 0 Å². The lowest BCUT2D eigenvalue weighted by Crippen LogP contribution is -2.35. The molecule has 0 aliphatic heterocycles. The molecule has 1 N–H and O–H groups in total. The molecule has 4 heteroatoms. The van der Waals surface area contributed by atoms with E-state index in [1.165, 1.54) is 23.3 Å². The molecule has 0 aliphatic rings. The van der Waals surface area contributed by atoms with Gasteiger partial charge >= 0.3 is 0 Å². The number of carbonyl (C=O) groups excluding carboxylic acids is 1. The van der Waals surface area contributed by atoms with Crippen LogP contribution in [0.3, 0.4) is 0 Å². The molecule has 3 nitrogen and oxygen atoms in total. The summed E-state index contributed by atoms with van der Waals surface area (Å²) in [5.41, 5.74) is 4.31. The van der Waals surface area contributed by atoms with Crippen molar-refractivity contribution in [3.05, 3.63) is 65.0 Å². The maximum atomic E-state index is 12.8. The number of likely N-dealkylation sites (N-methyl/N-ethyl adjacent to an activating group) is 1. The van der Waals surface area contributed by atoms with E-state index >= 15 is 0 Å². The van der Waals surface area contributed by atoms with Crippen molar-refractivity contribution in [1.82, 2.24) is 5.32 Å². The molecule has 2 aromatic rings. The Hall–Kier alpha value is -2.36. The lowest BCUT2D eigenvalue weighted by molar-refractivity contribution is -0.119. The minimum absolute atomic E-state index is 0.0623. The summed E-state index contributed by atoms with van der Waals surface area (Å²) >= 11 is 0. The number of amides is 1. The van der Waals surface area contributed by atoms with Gasteiger partial charge in [-0.25, -0.2) is 4.39 Å². The van der Waals surface area contributed by atoms with Crippen LogP contribution in [0.25, 0.3) is 0 Å². The Balaban J connectivity index is 1.91. The second-order valence-electron chi connectivity index (χ2n) is 5.48. The predicted octanol–water partition coefficient (Wildman–Crippen LogP) is 3.20. The van der Waals surface area contributed by atoms with Crippen molar-refractivity contribution < 1.29 is 9.18 Å². The smallest absolute Gasteiger partial charge is 0.239 e. The molecule has 2 aromatic carbocycles. The highest BCUT2D eigenvalue weighted by atomic mass is 19.1. The second-order valence-corrected chi connectivity index (χ2v) is 5.48. The first-order valence-electron chi connectivity index (χ1n) is 7.26. The van der Waals surface area contributed by atoms with Crippen LogP contribution in [0, 0.1) is 19.7 Å². The monoisotopic (exact) mass is 300 g/mol. The number of aryl methyl sites for hydroxylation is 1. The van der Waals surface area contributed by atoms with Gasteiger partial charge in [0.2, 0.25) is 5.91 Å². The molecule has 116 valence electrons. The summed E-state index contributed by atoms with van der Waals surface area (Å²) in [5, 5.41) is 2.85. The third-order valence-electron chi connectivity index (χ3n) is 3.77. The van der Waals surface area contributed by atoms with Crippen LogP contribution < -0.4 is 10.2 Å². The van der Waals surface area contributed by atoms with Crippen molar-refractivity contribution in [1.29, 1.82) is 0 Å². The topological polar surface area (TPSA) is 32.3 Å². The van der Waals surface area contributed by atoms with Crippen LogP contribution in [0.1, 0.15) is 16.7 Å². The van der Waals surface area contributed by atoms with Crippen molar-refractivity contribution in [2.75, 3.05) is 18.5 Å². The van der Waals surface area contributed by atoms with Crippen LogP contribution >= 0.6 is 0 Å². The maximum Gasteiger partial charge on any atom is 0.239 e. The molecule has 0 radical (unpaired) electrons. The Morgan fingerprint density at radius 2 is 1.82 bits per heavy atom. The van der Waals surface area contributed by atoms with Crippen molar-refractivity contribution in [3.63, 3.8) is 0 Å². The molecule has 0 bridgehead atoms. The number of hydrogen-bond donors (Lipinski definition) is 1. The largest absolute Gasteiger partial charge is 0.365 e. The molecule has 0 saturated carbocycles. The number of halogens is 1. The standard InChI is InChI=1S/C18H21FN2O/c1-13-5-4-6-17(14(13)2)21(3)12-18(22)20-11-15-7-9-16(19)10-8-15/h4-10H,11-12H2,1-3H3,(H,20,22). The summed E-state index contributed by atoms with van der Waals surface area (Å²) in [6.45, 7) is 4.80. The summed E-state index contributed by atoms with van der Waals surface area (Å²) in [6.07, 6.45) is 0. The Morgan fingerprint density at radius 3 is 2.50 bits per heavy atom. The summed E-state index contributed by atoms with van der Waals surface area (Å²) in [6, 6.07) is 12.2. The highest BCUT2D eigenvalue weighted by Gasteiger charge is 2.10. The van der Waals surface area contributed by atoms with Gasteiger partial charge in [-0.2, -0.15) is 0 Å². The quantitative estimate of drug-likeness (QED) is 0.919. The highest BCUT2D eigenvalue weighted by molar-refractivity contribution is 5.81. The Kier molecular flexibility index (Phi) is 5.15. The lowest BCUT2D eigenvalue weighted by atomic mass is 10.1. The van der Waals surface area contributed by atoms with Gasteiger partial charge in [0.15, 0.2) is 0 Å². The zero-order chi connectivity index (χ0) is 16.1. The fourth-order valence-corrected chi connectivity index (χ4v) is 2.31. The summed E-state index contributed by atoms with van der Waals surface area (Å²) in [7, 11) is 1.90. The van der Waals surface area contributed by atoms with E-state index in [1.54, 1.807) is 12.1 Å². The van der Waals surface area contributed by atoms with E-state index in [2.05, 4.69) is 25.2 Å². The molecular formula is C18H21FN2O.